The van der Waals surface area contributed by atoms with Crippen LogP contribution in [0.5, 0.6) is 0 Å². The van der Waals surface area contributed by atoms with E-state index in [1.54, 1.807) is 24.5 Å². The summed E-state index contributed by atoms with van der Waals surface area (Å²) in [4.78, 5) is 15.2. The molecule has 0 radical (unpaired) electrons. The van der Waals surface area contributed by atoms with Crippen LogP contribution in [-0.2, 0) is 4.79 Å². The van der Waals surface area contributed by atoms with Crippen LogP contribution in [0, 0.1) is 16.7 Å². The van der Waals surface area contributed by atoms with Gasteiger partial charge in [0.15, 0.2) is 0 Å². The molecule has 1 aromatic carbocycles. The summed E-state index contributed by atoms with van der Waals surface area (Å²) in [5.41, 5.74) is 3.09. The van der Waals surface area contributed by atoms with Crippen molar-refractivity contribution in [1.82, 2.24) is 4.98 Å². The Morgan fingerprint density at radius 2 is 2.00 bits per heavy atom. The number of hydrogen-bond donors (Lipinski definition) is 1. The quantitative estimate of drug-likeness (QED) is 0.586. The molecule has 0 amide bonds. The standard InChI is InChI=1S/C18H16N2O2S.Na/c19-10-12-1-3-13(4-2-12)15-11-20-8-5-14(15)17(23)18(6-7-18)9-16(21)22;/h1-5,8,11,17,23H,6-7,9H2,(H,21,22);/q;+1/p-1. The van der Waals surface area contributed by atoms with Gasteiger partial charge in [-0.05, 0) is 54.0 Å². The molecule has 1 atom stereocenters. The topological polar surface area (TPSA) is 76.8 Å². The summed E-state index contributed by atoms with van der Waals surface area (Å²) in [7, 11) is 0. The van der Waals surface area contributed by atoms with Crippen LogP contribution in [0.2, 0.25) is 0 Å². The number of pyridine rings is 1. The van der Waals surface area contributed by atoms with Crippen molar-refractivity contribution in [2.24, 2.45) is 5.41 Å². The third-order valence-corrected chi connectivity index (χ3v) is 5.27. The fourth-order valence-corrected chi connectivity index (χ4v) is 3.51. The Morgan fingerprint density at radius 3 is 2.54 bits per heavy atom. The number of thiol groups is 1. The Bertz CT molecular complexity index is 782. The van der Waals surface area contributed by atoms with E-state index in [4.69, 9.17) is 17.9 Å². The molecule has 6 heteroatoms. The second kappa shape index (κ2) is 7.71. The monoisotopic (exact) mass is 346 g/mol. The first-order valence-electron chi connectivity index (χ1n) is 7.38. The number of carbonyl (C=O) groups is 1. The van der Waals surface area contributed by atoms with E-state index in [0.29, 0.717) is 5.56 Å². The summed E-state index contributed by atoms with van der Waals surface area (Å²) in [5.74, 6) is -1.03. The summed E-state index contributed by atoms with van der Waals surface area (Å²) < 4.78 is 0. The molecule has 0 spiro atoms. The minimum atomic E-state index is -1.03. The van der Waals surface area contributed by atoms with Crippen LogP contribution in [0.25, 0.3) is 11.1 Å². The van der Waals surface area contributed by atoms with Crippen LogP contribution in [0.4, 0.5) is 0 Å². The number of carboxylic acids is 1. The van der Waals surface area contributed by atoms with Gasteiger partial charge in [0.2, 0.25) is 0 Å². The number of nitriles is 1. The Kier molecular flexibility index (Phi) is 6.11. The van der Waals surface area contributed by atoms with Crippen LogP contribution in [-0.4, -0.2) is 11.0 Å². The average molecular weight is 346 g/mol. The molecule has 1 saturated carbocycles. The fraction of sp³-hybridized carbons (Fsp3) is 0.278. The molecule has 1 unspecified atom stereocenters. The van der Waals surface area contributed by atoms with E-state index >= 15 is 0 Å². The Balaban J connectivity index is 0.00000208. The molecule has 0 aliphatic heterocycles. The van der Waals surface area contributed by atoms with Crippen molar-refractivity contribution >= 4 is 18.6 Å². The van der Waals surface area contributed by atoms with Crippen molar-refractivity contribution in [2.75, 3.05) is 0 Å². The molecule has 0 saturated heterocycles. The van der Waals surface area contributed by atoms with E-state index in [0.717, 1.165) is 29.5 Å². The molecule has 2 aromatic rings. The summed E-state index contributed by atoms with van der Waals surface area (Å²) in [5, 5.41) is 19.7. The molecule has 0 N–H and O–H groups in total. The minimum absolute atomic E-state index is 0. The maximum absolute atomic E-state index is 11.0. The summed E-state index contributed by atoms with van der Waals surface area (Å²) >= 11 is 4.72. The van der Waals surface area contributed by atoms with Crippen LogP contribution >= 0.6 is 12.6 Å². The number of hydrogen-bond acceptors (Lipinski definition) is 5. The van der Waals surface area contributed by atoms with Crippen molar-refractivity contribution in [3.63, 3.8) is 0 Å². The Labute approximate surface area is 168 Å². The largest absolute Gasteiger partial charge is 1.00 e. The molecular weight excluding hydrogens is 331 g/mol. The van der Waals surface area contributed by atoms with Crippen LogP contribution in [0.3, 0.4) is 0 Å². The molecule has 3 rings (SSSR count). The maximum atomic E-state index is 11.0. The number of nitrogens with zero attached hydrogens (tertiary/aromatic N) is 2. The van der Waals surface area contributed by atoms with Gasteiger partial charge in [0.1, 0.15) is 0 Å². The van der Waals surface area contributed by atoms with Crippen LogP contribution in [0.1, 0.15) is 35.6 Å². The molecule has 1 heterocycles. The normalized spacial score (nSPS) is 15.7. The predicted octanol–water partition coefficient (Wildman–Crippen LogP) is -0.485. The first-order valence-corrected chi connectivity index (χ1v) is 7.90. The van der Waals surface area contributed by atoms with Crippen LogP contribution < -0.4 is 34.7 Å². The van der Waals surface area contributed by atoms with Crippen molar-refractivity contribution in [1.29, 1.82) is 5.26 Å². The number of aliphatic carboxylic acids is 1. The van der Waals surface area contributed by atoms with Gasteiger partial charge >= 0.3 is 29.6 Å². The molecular formula is C18H15N2NaO2S. The van der Waals surface area contributed by atoms with E-state index in [9.17, 15) is 9.90 Å². The molecule has 1 aliphatic rings. The van der Waals surface area contributed by atoms with Crippen molar-refractivity contribution in [2.45, 2.75) is 24.5 Å². The predicted molar refractivity (Wildman–Crippen MR) is 87.4 cm³/mol. The molecule has 0 bridgehead atoms. The molecule has 1 aliphatic carbocycles. The summed E-state index contributed by atoms with van der Waals surface area (Å²) in [6.45, 7) is 0. The zero-order chi connectivity index (χ0) is 16.4. The Morgan fingerprint density at radius 1 is 1.33 bits per heavy atom. The van der Waals surface area contributed by atoms with Gasteiger partial charge in [0, 0.05) is 29.2 Å². The van der Waals surface area contributed by atoms with Crippen molar-refractivity contribution in [3.05, 3.63) is 53.9 Å². The van der Waals surface area contributed by atoms with Crippen molar-refractivity contribution in [3.8, 4) is 17.2 Å². The molecule has 1 fully saturated rings. The molecule has 24 heavy (non-hydrogen) atoms. The van der Waals surface area contributed by atoms with E-state index in [1.807, 2.05) is 18.2 Å². The van der Waals surface area contributed by atoms with Crippen molar-refractivity contribution < 1.29 is 39.5 Å². The summed E-state index contributed by atoms with van der Waals surface area (Å²) in [6.07, 6.45) is 5.15. The van der Waals surface area contributed by atoms with E-state index in [-0.39, 0.29) is 46.6 Å². The van der Waals surface area contributed by atoms with E-state index in [2.05, 4.69) is 11.1 Å². The second-order valence-electron chi connectivity index (χ2n) is 5.97. The first-order chi connectivity index (χ1) is 11.1. The van der Waals surface area contributed by atoms with Gasteiger partial charge in [-0.15, -0.1) is 0 Å². The van der Waals surface area contributed by atoms with Gasteiger partial charge in [-0.1, -0.05) is 12.1 Å². The Hall–Kier alpha value is -1.32. The summed E-state index contributed by atoms with van der Waals surface area (Å²) in [6, 6.07) is 11.2. The van der Waals surface area contributed by atoms with E-state index in [1.165, 1.54) is 0 Å². The van der Waals surface area contributed by atoms with Gasteiger partial charge in [-0.2, -0.15) is 17.9 Å². The number of benzene rings is 1. The third-order valence-electron chi connectivity index (χ3n) is 4.44. The SMILES string of the molecule is N#Cc1ccc(-c2cnccc2C(S)C2(CC(=O)[O-])CC2)cc1.[Na+]. The number of rotatable bonds is 5. The van der Waals surface area contributed by atoms with Gasteiger partial charge in [0.05, 0.1) is 11.6 Å². The van der Waals surface area contributed by atoms with E-state index < -0.39 is 5.97 Å². The number of carbonyl (C=O) groups excluding carboxylic acids is 1. The zero-order valence-corrected chi connectivity index (χ0v) is 16.3. The number of aromatic nitrogens is 1. The van der Waals surface area contributed by atoms with Gasteiger partial charge in [-0.3, -0.25) is 4.98 Å². The third kappa shape index (κ3) is 3.84. The molecule has 1 aromatic heterocycles. The minimum Gasteiger partial charge on any atom is -0.550 e. The maximum Gasteiger partial charge on any atom is 1.00 e. The van der Waals surface area contributed by atoms with Gasteiger partial charge < -0.3 is 9.90 Å². The molecule has 116 valence electrons. The fourth-order valence-electron chi connectivity index (χ4n) is 2.93. The van der Waals surface area contributed by atoms with Gasteiger partial charge in [-0.25, -0.2) is 0 Å². The smallest absolute Gasteiger partial charge is 0.550 e. The zero-order valence-electron chi connectivity index (χ0n) is 13.4. The second-order valence-corrected chi connectivity index (χ2v) is 6.48. The number of carboxylic acid groups (broad SMARTS) is 1. The molecule has 4 nitrogen and oxygen atoms in total. The average Bonchev–Trinajstić information content (AvgIpc) is 3.34. The van der Waals surface area contributed by atoms with Crippen LogP contribution in [0.15, 0.2) is 42.7 Å². The first kappa shape index (κ1) is 19.0. The van der Waals surface area contributed by atoms with Gasteiger partial charge in [0.25, 0.3) is 0 Å².